The van der Waals surface area contributed by atoms with Crippen LogP contribution in [0, 0.1) is 13.8 Å². The fourth-order valence-electron chi connectivity index (χ4n) is 1.25. The maximum Gasteiger partial charge on any atom is 0.219 e. The van der Waals surface area contributed by atoms with Crippen molar-refractivity contribution in [2.45, 2.75) is 33.6 Å². The molecule has 14 heavy (non-hydrogen) atoms. The molecule has 0 fully saturated rings. The summed E-state index contributed by atoms with van der Waals surface area (Å²) in [6, 6.07) is 0. The maximum atomic E-state index is 10.9. The van der Waals surface area contributed by atoms with Crippen molar-refractivity contribution in [2.24, 2.45) is 0 Å². The minimum atomic E-state index is 0.0684. The van der Waals surface area contributed by atoms with Crippen LogP contribution in [0.5, 0.6) is 0 Å². The highest BCUT2D eigenvalue weighted by Crippen LogP contribution is 2.09. The van der Waals surface area contributed by atoms with Crippen molar-refractivity contribution in [2.75, 3.05) is 6.54 Å². The lowest BCUT2D eigenvalue weighted by Crippen LogP contribution is -2.24. The zero-order valence-electron chi connectivity index (χ0n) is 8.89. The predicted molar refractivity (Wildman–Crippen MR) is 53.0 cm³/mol. The number of aryl methyl sites for hydroxylation is 2. The van der Waals surface area contributed by atoms with Gasteiger partial charge in [0, 0.05) is 26.3 Å². The molecular formula is C10H16N2O2. The number of carbonyl (C=O) groups is 1. The van der Waals surface area contributed by atoms with Gasteiger partial charge in [0.15, 0.2) is 5.89 Å². The molecule has 0 saturated carbocycles. The second kappa shape index (κ2) is 4.79. The quantitative estimate of drug-likeness (QED) is 0.791. The van der Waals surface area contributed by atoms with E-state index in [2.05, 4.69) is 10.3 Å². The maximum absolute atomic E-state index is 10.9. The summed E-state index contributed by atoms with van der Waals surface area (Å²) in [4.78, 5) is 15.1. The highest BCUT2D eigenvalue weighted by molar-refractivity contribution is 5.75. The number of amides is 1. The van der Waals surface area contributed by atoms with Crippen LogP contribution in [0.4, 0.5) is 0 Å². The van der Waals surface area contributed by atoms with Crippen molar-refractivity contribution in [3.63, 3.8) is 0 Å². The predicted octanol–water partition coefficient (Wildman–Crippen LogP) is 1.36. The van der Waals surface area contributed by atoms with Crippen molar-refractivity contribution < 1.29 is 9.21 Å². The van der Waals surface area contributed by atoms with Crippen LogP contribution in [-0.2, 0) is 11.2 Å². The topological polar surface area (TPSA) is 55.1 Å². The van der Waals surface area contributed by atoms with E-state index in [1.165, 1.54) is 0 Å². The van der Waals surface area contributed by atoms with Gasteiger partial charge in [-0.05, 0) is 6.92 Å². The van der Waals surface area contributed by atoms with Crippen LogP contribution < -0.4 is 5.32 Å². The van der Waals surface area contributed by atoms with E-state index in [-0.39, 0.29) is 5.91 Å². The van der Waals surface area contributed by atoms with Crippen molar-refractivity contribution in [3.8, 4) is 0 Å². The Kier molecular flexibility index (Phi) is 3.68. The molecule has 1 rings (SSSR count). The Morgan fingerprint density at radius 3 is 2.71 bits per heavy atom. The molecule has 0 atom stereocenters. The smallest absolute Gasteiger partial charge is 0.219 e. The van der Waals surface area contributed by atoms with Crippen molar-refractivity contribution in [3.05, 3.63) is 17.3 Å². The Balaban J connectivity index is 2.38. The van der Waals surface area contributed by atoms with Gasteiger partial charge >= 0.3 is 0 Å². The number of rotatable bonds is 4. The van der Waals surface area contributed by atoms with Gasteiger partial charge < -0.3 is 9.73 Å². The molecule has 0 aromatic carbocycles. The van der Waals surface area contributed by atoms with E-state index in [1.807, 2.05) is 20.8 Å². The lowest BCUT2D eigenvalue weighted by molar-refractivity contribution is -0.120. The molecule has 1 aromatic rings. The van der Waals surface area contributed by atoms with E-state index in [0.29, 0.717) is 25.3 Å². The Hall–Kier alpha value is -1.32. The molecule has 78 valence electrons. The Morgan fingerprint density at radius 1 is 1.50 bits per heavy atom. The van der Waals surface area contributed by atoms with Gasteiger partial charge in [-0.3, -0.25) is 4.79 Å². The fourth-order valence-corrected chi connectivity index (χ4v) is 1.25. The standard InChI is InChI=1S/C10H16N2O2/c1-4-10(13)11-6-5-9-7(2)12-8(3)14-9/h4-6H2,1-3H3,(H,11,13). The third kappa shape index (κ3) is 2.87. The minimum absolute atomic E-state index is 0.0684. The van der Waals surface area contributed by atoms with Crippen molar-refractivity contribution >= 4 is 5.91 Å². The van der Waals surface area contributed by atoms with Crippen LogP contribution in [0.3, 0.4) is 0 Å². The Labute approximate surface area is 83.7 Å². The number of nitrogens with zero attached hydrogens (tertiary/aromatic N) is 1. The molecule has 4 heteroatoms. The third-order valence-electron chi connectivity index (χ3n) is 1.99. The highest BCUT2D eigenvalue weighted by Gasteiger charge is 2.06. The molecule has 1 N–H and O–H groups in total. The first-order valence-corrected chi connectivity index (χ1v) is 4.83. The van der Waals surface area contributed by atoms with Gasteiger partial charge in [-0.2, -0.15) is 0 Å². The molecule has 1 amide bonds. The van der Waals surface area contributed by atoms with E-state index in [1.54, 1.807) is 0 Å². The second-order valence-corrected chi connectivity index (χ2v) is 3.19. The normalized spacial score (nSPS) is 10.2. The summed E-state index contributed by atoms with van der Waals surface area (Å²) >= 11 is 0. The summed E-state index contributed by atoms with van der Waals surface area (Å²) in [6.07, 6.45) is 1.23. The lowest BCUT2D eigenvalue weighted by Gasteiger charge is -2.01. The van der Waals surface area contributed by atoms with E-state index in [0.717, 1.165) is 11.5 Å². The molecule has 1 heterocycles. The summed E-state index contributed by atoms with van der Waals surface area (Å²) in [5.41, 5.74) is 0.910. The molecule has 1 aromatic heterocycles. The number of hydrogen-bond acceptors (Lipinski definition) is 3. The van der Waals surface area contributed by atoms with Gasteiger partial charge in [-0.1, -0.05) is 6.92 Å². The number of nitrogens with one attached hydrogen (secondary N) is 1. The SMILES string of the molecule is CCC(=O)NCCc1oc(C)nc1C. The van der Waals surface area contributed by atoms with Crippen LogP contribution in [0.15, 0.2) is 4.42 Å². The van der Waals surface area contributed by atoms with E-state index in [4.69, 9.17) is 4.42 Å². The third-order valence-corrected chi connectivity index (χ3v) is 1.99. The van der Waals surface area contributed by atoms with Gasteiger partial charge in [-0.15, -0.1) is 0 Å². The Morgan fingerprint density at radius 2 is 2.21 bits per heavy atom. The van der Waals surface area contributed by atoms with Crippen molar-refractivity contribution in [1.29, 1.82) is 0 Å². The molecule has 4 nitrogen and oxygen atoms in total. The van der Waals surface area contributed by atoms with Crippen molar-refractivity contribution in [1.82, 2.24) is 10.3 Å². The van der Waals surface area contributed by atoms with E-state index in [9.17, 15) is 4.79 Å². The molecule has 0 spiro atoms. The van der Waals surface area contributed by atoms with Crippen LogP contribution in [0.1, 0.15) is 30.7 Å². The van der Waals surface area contributed by atoms with E-state index >= 15 is 0 Å². The minimum Gasteiger partial charge on any atom is -0.446 e. The van der Waals surface area contributed by atoms with Crippen LogP contribution in [-0.4, -0.2) is 17.4 Å². The number of hydrogen-bond donors (Lipinski definition) is 1. The number of aromatic nitrogens is 1. The first kappa shape index (κ1) is 10.8. The zero-order chi connectivity index (χ0) is 10.6. The highest BCUT2D eigenvalue weighted by atomic mass is 16.4. The summed E-state index contributed by atoms with van der Waals surface area (Å²) in [7, 11) is 0. The molecule has 0 aliphatic carbocycles. The fraction of sp³-hybridized carbons (Fsp3) is 0.600. The molecule has 0 unspecified atom stereocenters. The Bertz CT molecular complexity index is 318. The largest absolute Gasteiger partial charge is 0.446 e. The average molecular weight is 196 g/mol. The van der Waals surface area contributed by atoms with Gasteiger partial charge in [-0.25, -0.2) is 4.98 Å². The molecule has 0 aliphatic rings. The molecule has 0 bridgehead atoms. The summed E-state index contributed by atoms with van der Waals surface area (Å²) in [5.74, 6) is 1.61. The second-order valence-electron chi connectivity index (χ2n) is 3.19. The van der Waals surface area contributed by atoms with Crippen LogP contribution in [0.25, 0.3) is 0 Å². The number of carbonyl (C=O) groups excluding carboxylic acids is 1. The van der Waals surface area contributed by atoms with Gasteiger partial charge in [0.25, 0.3) is 0 Å². The molecular weight excluding hydrogens is 180 g/mol. The summed E-state index contributed by atoms with van der Waals surface area (Å²) in [5, 5.41) is 2.79. The molecule has 0 aliphatic heterocycles. The first-order chi connectivity index (χ1) is 6.63. The zero-order valence-corrected chi connectivity index (χ0v) is 8.89. The first-order valence-electron chi connectivity index (χ1n) is 4.83. The van der Waals surface area contributed by atoms with Gasteiger partial charge in [0.05, 0.1) is 5.69 Å². The van der Waals surface area contributed by atoms with E-state index < -0.39 is 0 Å². The summed E-state index contributed by atoms with van der Waals surface area (Å²) in [6.45, 7) is 6.18. The monoisotopic (exact) mass is 196 g/mol. The average Bonchev–Trinajstić information content (AvgIpc) is 2.45. The van der Waals surface area contributed by atoms with Gasteiger partial charge in [0.2, 0.25) is 5.91 Å². The summed E-state index contributed by atoms with van der Waals surface area (Å²) < 4.78 is 5.37. The lowest BCUT2D eigenvalue weighted by atomic mass is 10.3. The molecule has 0 radical (unpaired) electrons. The van der Waals surface area contributed by atoms with Crippen LogP contribution >= 0.6 is 0 Å². The van der Waals surface area contributed by atoms with Crippen LogP contribution in [0.2, 0.25) is 0 Å². The number of oxazole rings is 1. The molecule has 0 saturated heterocycles. The van der Waals surface area contributed by atoms with Gasteiger partial charge in [0.1, 0.15) is 5.76 Å².